The van der Waals surface area contributed by atoms with E-state index in [2.05, 4.69) is 10.1 Å². The standard InChI is InChI=1S/C29H27F2N3O3S/c1-16(35)18-7-8-23-24(11-18)38-28(32-23)34-10-9-29(15-34)12-19(13-29)36-14-20-26(33-37-27(20)17-5-6-17)25-21(30)3-2-4-22(25)31/h2-4,7-8,11,17,19H,5-6,9-10,12-15H2,1H3. The molecule has 1 aliphatic heterocycles. The fourth-order valence-electron chi connectivity index (χ4n) is 5.97. The van der Waals surface area contributed by atoms with Crippen LogP contribution in [-0.2, 0) is 11.3 Å². The fraction of sp³-hybridized carbons (Fsp3) is 0.414. The number of anilines is 1. The molecule has 3 aliphatic rings. The SMILES string of the molecule is CC(=O)c1ccc2nc(N3CCC4(CC(OCc5c(-c6c(F)cccc6F)noc5C5CC5)C4)C3)sc2c1. The number of ketones is 1. The summed E-state index contributed by atoms with van der Waals surface area (Å²) in [4.78, 5) is 18.9. The second-order valence-corrected chi connectivity index (χ2v) is 12.0. The zero-order valence-electron chi connectivity index (χ0n) is 21.0. The van der Waals surface area contributed by atoms with Crippen LogP contribution in [0.2, 0.25) is 0 Å². The van der Waals surface area contributed by atoms with E-state index in [4.69, 9.17) is 14.2 Å². The molecule has 0 atom stereocenters. The smallest absolute Gasteiger partial charge is 0.186 e. The van der Waals surface area contributed by atoms with Crippen LogP contribution in [0.5, 0.6) is 0 Å². The van der Waals surface area contributed by atoms with Gasteiger partial charge in [0, 0.05) is 30.1 Å². The quantitative estimate of drug-likeness (QED) is 0.240. The third-order valence-electron chi connectivity index (χ3n) is 8.24. The Labute approximate surface area is 222 Å². The van der Waals surface area contributed by atoms with E-state index in [1.54, 1.807) is 18.3 Å². The number of halogens is 2. The summed E-state index contributed by atoms with van der Waals surface area (Å²) in [5, 5.41) is 5.07. The van der Waals surface area contributed by atoms with Gasteiger partial charge in [0.05, 0.1) is 28.5 Å². The average Bonchev–Trinajstić information content (AvgIpc) is 3.29. The molecule has 0 N–H and O–H groups in total. The Morgan fingerprint density at radius 3 is 2.74 bits per heavy atom. The van der Waals surface area contributed by atoms with E-state index in [0.29, 0.717) is 16.9 Å². The van der Waals surface area contributed by atoms with Gasteiger partial charge < -0.3 is 14.2 Å². The number of ether oxygens (including phenoxy) is 1. The van der Waals surface area contributed by atoms with Crippen molar-refractivity contribution >= 4 is 32.5 Å². The van der Waals surface area contributed by atoms with Crippen molar-refractivity contribution < 1.29 is 22.8 Å². The van der Waals surface area contributed by atoms with Crippen LogP contribution in [0, 0.1) is 17.0 Å². The Bertz CT molecular complexity index is 1530. The van der Waals surface area contributed by atoms with Gasteiger partial charge in [-0.1, -0.05) is 22.6 Å². The molecule has 3 fully saturated rings. The topological polar surface area (TPSA) is 68.5 Å². The van der Waals surface area contributed by atoms with Crippen LogP contribution in [0.3, 0.4) is 0 Å². The van der Waals surface area contributed by atoms with Gasteiger partial charge in [0.15, 0.2) is 10.9 Å². The Morgan fingerprint density at radius 2 is 2.00 bits per heavy atom. The van der Waals surface area contributed by atoms with Gasteiger partial charge in [-0.05, 0) is 74.8 Å². The first-order valence-corrected chi connectivity index (χ1v) is 13.9. The molecule has 9 heteroatoms. The van der Waals surface area contributed by atoms with Crippen LogP contribution in [-0.4, -0.2) is 35.1 Å². The lowest BCUT2D eigenvalue weighted by molar-refractivity contribution is -0.0796. The van der Waals surface area contributed by atoms with Gasteiger partial charge in [-0.3, -0.25) is 4.79 Å². The average molecular weight is 536 g/mol. The molecule has 3 heterocycles. The highest BCUT2D eigenvalue weighted by atomic mass is 32.1. The molecule has 0 unspecified atom stereocenters. The third-order valence-corrected chi connectivity index (χ3v) is 9.32. The fourth-order valence-corrected chi connectivity index (χ4v) is 7.00. The van der Waals surface area contributed by atoms with Crippen molar-refractivity contribution in [1.29, 1.82) is 0 Å². The van der Waals surface area contributed by atoms with Crippen LogP contribution in [0.1, 0.15) is 66.6 Å². The summed E-state index contributed by atoms with van der Waals surface area (Å²) in [5.41, 5.74) is 2.57. The number of fused-ring (bicyclic) bond motifs is 1. The van der Waals surface area contributed by atoms with E-state index in [0.717, 1.165) is 60.5 Å². The number of aromatic nitrogens is 2. The molecule has 196 valence electrons. The molecule has 2 aromatic carbocycles. The highest BCUT2D eigenvalue weighted by Gasteiger charge is 2.49. The summed E-state index contributed by atoms with van der Waals surface area (Å²) >= 11 is 1.64. The molecule has 7 rings (SSSR count). The van der Waals surface area contributed by atoms with E-state index in [1.165, 1.54) is 18.2 Å². The van der Waals surface area contributed by atoms with Crippen molar-refractivity contribution in [3.8, 4) is 11.3 Å². The van der Waals surface area contributed by atoms with Gasteiger partial charge >= 0.3 is 0 Å². The number of carbonyl (C=O) groups excluding carboxylic acids is 1. The van der Waals surface area contributed by atoms with Crippen LogP contribution >= 0.6 is 11.3 Å². The Hall–Kier alpha value is -3.17. The third kappa shape index (κ3) is 4.12. The first-order chi connectivity index (χ1) is 18.4. The molecule has 2 aliphatic carbocycles. The lowest BCUT2D eigenvalue weighted by atomic mass is 9.66. The number of hydrogen-bond acceptors (Lipinski definition) is 7. The summed E-state index contributed by atoms with van der Waals surface area (Å²) in [7, 11) is 0. The van der Waals surface area contributed by atoms with Crippen molar-refractivity contribution in [2.45, 2.75) is 57.7 Å². The van der Waals surface area contributed by atoms with E-state index >= 15 is 0 Å². The van der Waals surface area contributed by atoms with Gasteiger partial charge in [0.25, 0.3) is 0 Å². The number of carbonyl (C=O) groups is 1. The zero-order valence-corrected chi connectivity index (χ0v) is 21.8. The highest BCUT2D eigenvalue weighted by Crippen LogP contribution is 2.52. The minimum atomic E-state index is -0.650. The molecule has 0 radical (unpaired) electrons. The van der Waals surface area contributed by atoms with E-state index in [1.807, 2.05) is 18.2 Å². The monoisotopic (exact) mass is 535 g/mol. The summed E-state index contributed by atoms with van der Waals surface area (Å²) < 4.78 is 42.0. The van der Waals surface area contributed by atoms with Gasteiger partial charge in [0.2, 0.25) is 0 Å². The Balaban J connectivity index is 1.03. The first-order valence-electron chi connectivity index (χ1n) is 13.1. The lowest BCUT2D eigenvalue weighted by Crippen LogP contribution is -2.44. The zero-order chi connectivity index (χ0) is 26.0. The van der Waals surface area contributed by atoms with Crippen molar-refractivity contribution in [3.63, 3.8) is 0 Å². The minimum absolute atomic E-state index is 0.0593. The maximum atomic E-state index is 14.5. The van der Waals surface area contributed by atoms with Gasteiger partial charge in [-0.2, -0.15) is 0 Å². The van der Waals surface area contributed by atoms with E-state index < -0.39 is 11.6 Å². The maximum absolute atomic E-state index is 14.5. The summed E-state index contributed by atoms with van der Waals surface area (Å²) in [6, 6.07) is 9.52. The van der Waals surface area contributed by atoms with Crippen LogP contribution in [0.25, 0.3) is 21.5 Å². The molecule has 0 amide bonds. The second kappa shape index (κ2) is 8.95. The first kappa shape index (κ1) is 23.9. The minimum Gasteiger partial charge on any atom is -0.373 e. The maximum Gasteiger partial charge on any atom is 0.186 e. The number of rotatable bonds is 7. The lowest BCUT2D eigenvalue weighted by Gasteiger charge is -2.44. The second-order valence-electron chi connectivity index (χ2n) is 11.0. The number of hydrogen-bond donors (Lipinski definition) is 0. The number of nitrogens with zero attached hydrogens (tertiary/aromatic N) is 3. The molecular formula is C29H27F2N3O3S. The van der Waals surface area contributed by atoms with Crippen LogP contribution < -0.4 is 4.90 Å². The molecule has 38 heavy (non-hydrogen) atoms. The van der Waals surface area contributed by atoms with Crippen molar-refractivity contribution in [2.75, 3.05) is 18.0 Å². The molecule has 1 saturated heterocycles. The molecular weight excluding hydrogens is 508 g/mol. The summed E-state index contributed by atoms with van der Waals surface area (Å²) in [6.45, 7) is 3.69. The van der Waals surface area contributed by atoms with Gasteiger partial charge in [-0.25, -0.2) is 13.8 Å². The molecule has 4 aromatic rings. The van der Waals surface area contributed by atoms with E-state index in [-0.39, 0.29) is 41.1 Å². The highest BCUT2D eigenvalue weighted by molar-refractivity contribution is 7.22. The predicted molar refractivity (Wildman–Crippen MR) is 141 cm³/mol. The molecule has 1 spiro atoms. The van der Waals surface area contributed by atoms with E-state index in [9.17, 15) is 13.6 Å². The Morgan fingerprint density at radius 1 is 1.21 bits per heavy atom. The molecule has 2 saturated carbocycles. The molecule has 0 bridgehead atoms. The van der Waals surface area contributed by atoms with Crippen molar-refractivity contribution in [2.24, 2.45) is 5.41 Å². The predicted octanol–water partition coefficient (Wildman–Crippen LogP) is 6.89. The normalized spacial score (nSPS) is 22.9. The summed E-state index contributed by atoms with van der Waals surface area (Å²) in [6.07, 6.45) is 5.03. The molecule has 6 nitrogen and oxygen atoms in total. The van der Waals surface area contributed by atoms with Crippen molar-refractivity contribution in [3.05, 3.63) is 64.9 Å². The Kier molecular flexibility index (Phi) is 5.63. The largest absolute Gasteiger partial charge is 0.373 e. The van der Waals surface area contributed by atoms with Gasteiger partial charge in [-0.15, -0.1) is 0 Å². The van der Waals surface area contributed by atoms with Crippen LogP contribution in [0.15, 0.2) is 40.9 Å². The number of benzene rings is 2. The summed E-state index contributed by atoms with van der Waals surface area (Å²) in [5.74, 6) is -0.288. The van der Waals surface area contributed by atoms with Crippen LogP contribution in [0.4, 0.5) is 13.9 Å². The number of Topliss-reactive ketones (excluding diaryl/α,β-unsaturated/α-hetero) is 1. The van der Waals surface area contributed by atoms with Gasteiger partial charge in [0.1, 0.15) is 23.1 Å². The molecule has 2 aromatic heterocycles. The number of thiazole rings is 1. The van der Waals surface area contributed by atoms with Crippen molar-refractivity contribution in [1.82, 2.24) is 10.1 Å².